The summed E-state index contributed by atoms with van der Waals surface area (Å²) in [4.78, 5) is 27.8. The molecule has 0 amide bonds. The average Bonchev–Trinajstić information content (AvgIpc) is 2.84. The van der Waals surface area contributed by atoms with Gasteiger partial charge in [0.15, 0.2) is 5.82 Å². The van der Waals surface area contributed by atoms with E-state index in [9.17, 15) is 4.79 Å². The Morgan fingerprint density at radius 1 is 1.19 bits per heavy atom. The molecule has 2 bridgehead atoms. The topological polar surface area (TPSA) is 82.4 Å². The van der Waals surface area contributed by atoms with Crippen molar-refractivity contribution in [3.05, 3.63) is 41.4 Å². The molecule has 0 aromatic carbocycles. The first-order valence-corrected chi connectivity index (χ1v) is 8.60. The van der Waals surface area contributed by atoms with Gasteiger partial charge in [-0.3, -0.25) is 4.90 Å². The fourth-order valence-corrected chi connectivity index (χ4v) is 3.35. The summed E-state index contributed by atoms with van der Waals surface area (Å²) in [6.45, 7) is 5.78. The number of aromatic nitrogens is 4. The highest BCUT2D eigenvalue weighted by molar-refractivity contribution is 5.99. The summed E-state index contributed by atoms with van der Waals surface area (Å²) in [7, 11) is 0. The van der Waals surface area contributed by atoms with Gasteiger partial charge < -0.3 is 9.47 Å². The highest BCUT2D eigenvalue weighted by Crippen LogP contribution is 2.35. The van der Waals surface area contributed by atoms with Gasteiger partial charge in [-0.15, -0.1) is 0 Å². The molecule has 0 saturated heterocycles. The highest BCUT2D eigenvalue weighted by atomic mass is 16.6. The van der Waals surface area contributed by atoms with E-state index in [4.69, 9.17) is 9.47 Å². The third-order valence-corrected chi connectivity index (χ3v) is 4.40. The molecule has 0 spiro atoms. The number of pyridine rings is 1. The molecule has 3 aromatic heterocycles. The lowest BCUT2D eigenvalue weighted by Gasteiger charge is -2.25. The zero-order valence-corrected chi connectivity index (χ0v) is 15.1. The smallest absolute Gasteiger partial charge is 0.419 e. The Hall–Kier alpha value is -3.42. The van der Waals surface area contributed by atoms with Crippen molar-refractivity contribution >= 4 is 34.7 Å². The van der Waals surface area contributed by atoms with Crippen molar-refractivity contribution in [2.75, 3.05) is 11.5 Å². The molecule has 0 unspecified atom stereocenters. The van der Waals surface area contributed by atoms with Crippen LogP contribution >= 0.6 is 0 Å². The van der Waals surface area contributed by atoms with Crippen molar-refractivity contribution in [2.45, 2.75) is 26.4 Å². The van der Waals surface area contributed by atoms with E-state index in [-0.39, 0.29) is 6.61 Å². The van der Waals surface area contributed by atoms with Crippen LogP contribution in [0.3, 0.4) is 0 Å². The highest BCUT2D eigenvalue weighted by Gasteiger charge is 2.29. The minimum absolute atomic E-state index is 0.241. The van der Waals surface area contributed by atoms with Gasteiger partial charge in [0.25, 0.3) is 0 Å². The first-order valence-electron chi connectivity index (χ1n) is 8.60. The Bertz CT molecular complexity index is 1220. The van der Waals surface area contributed by atoms with Crippen molar-refractivity contribution in [3.8, 4) is 5.88 Å². The maximum atomic E-state index is 12.7. The normalized spacial score (nSPS) is 14.9. The van der Waals surface area contributed by atoms with Crippen LogP contribution in [-0.4, -0.2) is 37.8 Å². The molecule has 2 aliphatic rings. The quantitative estimate of drug-likeness (QED) is 0.596. The van der Waals surface area contributed by atoms with Crippen molar-refractivity contribution in [1.29, 1.82) is 0 Å². The number of anilines is 1. The summed E-state index contributed by atoms with van der Waals surface area (Å²) in [5, 5.41) is 2.17. The molecule has 0 fully saturated rings. The van der Waals surface area contributed by atoms with E-state index in [0.717, 1.165) is 16.6 Å². The van der Waals surface area contributed by atoms with Gasteiger partial charge in [0.1, 0.15) is 23.9 Å². The molecule has 136 valence electrons. The lowest BCUT2D eigenvalue weighted by Crippen LogP contribution is -2.45. The van der Waals surface area contributed by atoms with Crippen molar-refractivity contribution in [3.63, 3.8) is 0 Å². The number of carbonyl (C=O) groups is 1. The van der Waals surface area contributed by atoms with E-state index in [1.165, 1.54) is 6.33 Å². The van der Waals surface area contributed by atoms with Gasteiger partial charge in [-0.1, -0.05) is 0 Å². The second-order valence-electron chi connectivity index (χ2n) is 7.40. The largest absolute Gasteiger partial charge is 0.471 e. The number of nitrogens with zero attached hydrogens (tertiary/aromatic N) is 5. The Labute approximate surface area is 154 Å². The van der Waals surface area contributed by atoms with Gasteiger partial charge in [0.2, 0.25) is 5.88 Å². The molecular weight excluding hydrogens is 346 g/mol. The summed E-state index contributed by atoms with van der Waals surface area (Å²) in [5.41, 5.74) is 0.958. The van der Waals surface area contributed by atoms with Gasteiger partial charge in [0, 0.05) is 12.4 Å². The summed E-state index contributed by atoms with van der Waals surface area (Å²) in [6.07, 6.45) is 4.62. The average molecular weight is 363 g/mol. The number of carbonyl (C=O) groups excluding carboxylic acids is 1. The fraction of sp³-hybridized carbons (Fsp3) is 0.263. The minimum Gasteiger partial charge on any atom is -0.471 e. The third-order valence-electron chi connectivity index (χ3n) is 4.40. The molecule has 0 atom stereocenters. The number of hydrogen-bond donors (Lipinski definition) is 0. The molecular formula is C19H17N5O3. The molecule has 8 nitrogen and oxygen atoms in total. The molecule has 27 heavy (non-hydrogen) atoms. The van der Waals surface area contributed by atoms with Crippen LogP contribution in [-0.2, 0) is 4.74 Å². The first kappa shape index (κ1) is 15.8. The third kappa shape index (κ3) is 2.37. The molecule has 0 aliphatic carbocycles. The van der Waals surface area contributed by atoms with E-state index >= 15 is 0 Å². The van der Waals surface area contributed by atoms with Crippen LogP contribution < -0.4 is 20.3 Å². The van der Waals surface area contributed by atoms with Crippen LogP contribution in [0.1, 0.15) is 20.8 Å². The predicted octanol–water partition coefficient (Wildman–Crippen LogP) is 1.37. The monoisotopic (exact) mass is 363 g/mol. The van der Waals surface area contributed by atoms with Crippen LogP contribution in [0.4, 0.5) is 10.6 Å². The number of hydrogen-bond acceptors (Lipinski definition) is 7. The van der Waals surface area contributed by atoms with E-state index in [0.29, 0.717) is 22.4 Å². The summed E-state index contributed by atoms with van der Waals surface area (Å²) >= 11 is 0. The summed E-state index contributed by atoms with van der Waals surface area (Å²) < 4.78 is 13.1. The van der Waals surface area contributed by atoms with Crippen LogP contribution in [0.25, 0.3) is 22.8 Å². The number of ether oxygens (including phenoxy) is 2. The Kier molecular flexibility index (Phi) is 3.10. The lowest BCUT2D eigenvalue weighted by atomic mass is 10.2. The molecule has 0 saturated carbocycles. The second-order valence-corrected chi connectivity index (χ2v) is 7.40. The van der Waals surface area contributed by atoms with E-state index in [1.807, 2.05) is 50.1 Å². The van der Waals surface area contributed by atoms with Gasteiger partial charge in [-0.2, -0.15) is 0 Å². The van der Waals surface area contributed by atoms with Crippen LogP contribution in [0, 0.1) is 0 Å². The van der Waals surface area contributed by atoms with Gasteiger partial charge in [-0.25, -0.2) is 24.3 Å². The zero-order chi connectivity index (χ0) is 18.8. The molecule has 2 aliphatic heterocycles. The second kappa shape index (κ2) is 5.29. The molecule has 8 heteroatoms. The zero-order valence-electron chi connectivity index (χ0n) is 15.1. The molecule has 0 N–H and O–H groups in total. The van der Waals surface area contributed by atoms with Crippen LogP contribution in [0.15, 0.2) is 30.7 Å². The Morgan fingerprint density at radius 3 is 2.85 bits per heavy atom. The minimum atomic E-state index is -0.585. The standard InChI is InChI=1S/C19H17N5O3/c1-19(2,3)27-18(25)24-11-4-5-13(24)14-9-26-17-15-12(6-7-20-17)21-10-22-16(15)23(14)8-11/h4-8,10H,9H2,1-3H3. The molecule has 3 aromatic rings. The van der Waals surface area contributed by atoms with Crippen molar-refractivity contribution < 1.29 is 14.3 Å². The van der Waals surface area contributed by atoms with Crippen molar-refractivity contribution in [2.24, 2.45) is 0 Å². The molecule has 0 radical (unpaired) electrons. The van der Waals surface area contributed by atoms with Gasteiger partial charge in [0.05, 0.1) is 21.9 Å². The number of rotatable bonds is 0. The molecule has 5 rings (SSSR count). The first-order chi connectivity index (χ1) is 12.9. The summed E-state index contributed by atoms with van der Waals surface area (Å²) in [5.74, 6) is 1.16. The predicted molar refractivity (Wildman–Crippen MR) is 98.5 cm³/mol. The number of fused-ring (bicyclic) bond motifs is 4. The lowest BCUT2D eigenvalue weighted by molar-refractivity contribution is 0.0527. The van der Waals surface area contributed by atoms with Crippen LogP contribution in [0.2, 0.25) is 0 Å². The summed E-state index contributed by atoms with van der Waals surface area (Å²) in [6, 6.07) is 5.59. The Balaban J connectivity index is 1.73. The maximum absolute atomic E-state index is 12.7. The maximum Gasteiger partial charge on any atom is 0.419 e. The van der Waals surface area contributed by atoms with Crippen molar-refractivity contribution in [1.82, 2.24) is 19.5 Å². The van der Waals surface area contributed by atoms with E-state index < -0.39 is 11.7 Å². The SMILES string of the molecule is CC(C)(C)OC(=O)n1c2ccc1=C1COc3nccc4ncnc(c34)N1C=2. The molecule has 5 heterocycles. The van der Waals surface area contributed by atoms with Crippen LogP contribution in [0.5, 0.6) is 5.88 Å². The van der Waals surface area contributed by atoms with Gasteiger partial charge >= 0.3 is 6.09 Å². The van der Waals surface area contributed by atoms with E-state index in [2.05, 4.69) is 15.0 Å². The van der Waals surface area contributed by atoms with E-state index in [1.54, 1.807) is 10.8 Å². The fourth-order valence-electron chi connectivity index (χ4n) is 3.35. The van der Waals surface area contributed by atoms with Gasteiger partial charge in [-0.05, 0) is 39.0 Å². The Morgan fingerprint density at radius 2 is 2.04 bits per heavy atom.